The number of benzene rings is 1. The molecule has 2 rings (SSSR count). The topological polar surface area (TPSA) is 49.8 Å². The molecule has 0 saturated carbocycles. The van der Waals surface area contributed by atoms with Gasteiger partial charge in [0.05, 0.1) is 24.6 Å². The minimum absolute atomic E-state index is 0.0133. The van der Waals surface area contributed by atoms with E-state index in [-0.39, 0.29) is 23.8 Å². The number of carbonyl (C=O) groups is 1. The lowest BCUT2D eigenvalue weighted by atomic mass is 10.1. The van der Waals surface area contributed by atoms with E-state index in [1.165, 1.54) is 6.07 Å². The first-order valence-corrected chi connectivity index (χ1v) is 6.43. The van der Waals surface area contributed by atoms with E-state index in [4.69, 9.17) is 16.3 Å². The number of ether oxygens (including phenoxy) is 1. The van der Waals surface area contributed by atoms with Gasteiger partial charge in [-0.15, -0.1) is 11.6 Å². The molecule has 0 spiro atoms. The summed E-state index contributed by atoms with van der Waals surface area (Å²) in [5, 5.41) is 9.41. The van der Waals surface area contributed by atoms with Crippen LogP contribution in [0, 0.1) is 0 Å². The number of aromatic hydroxyl groups is 1. The Morgan fingerprint density at radius 3 is 3.06 bits per heavy atom. The van der Waals surface area contributed by atoms with Gasteiger partial charge in [0.2, 0.25) is 0 Å². The average molecular weight is 270 g/mol. The fourth-order valence-electron chi connectivity index (χ4n) is 2.00. The number of amides is 1. The van der Waals surface area contributed by atoms with Crippen LogP contribution in [0.1, 0.15) is 17.3 Å². The largest absolute Gasteiger partial charge is 0.508 e. The van der Waals surface area contributed by atoms with E-state index in [2.05, 4.69) is 0 Å². The van der Waals surface area contributed by atoms with Gasteiger partial charge in [-0.25, -0.2) is 0 Å². The molecule has 2 atom stereocenters. The fraction of sp³-hybridized carbons (Fsp3) is 0.462. The van der Waals surface area contributed by atoms with E-state index in [9.17, 15) is 9.90 Å². The van der Waals surface area contributed by atoms with Crippen molar-refractivity contribution in [2.24, 2.45) is 0 Å². The molecule has 4 nitrogen and oxygen atoms in total. The summed E-state index contributed by atoms with van der Waals surface area (Å²) in [5.41, 5.74) is 0.483. The summed E-state index contributed by atoms with van der Waals surface area (Å²) in [4.78, 5) is 14.1. The molecule has 2 unspecified atom stereocenters. The maximum atomic E-state index is 12.3. The zero-order valence-corrected chi connectivity index (χ0v) is 10.9. The molecular weight excluding hydrogens is 254 g/mol. The maximum Gasteiger partial charge on any atom is 0.254 e. The van der Waals surface area contributed by atoms with Gasteiger partial charge in [-0.3, -0.25) is 4.79 Å². The predicted octanol–water partition coefficient (Wildman–Crippen LogP) is 1.86. The average Bonchev–Trinajstić information content (AvgIpc) is 2.38. The Labute approximate surface area is 111 Å². The number of alkyl halides is 1. The van der Waals surface area contributed by atoms with Gasteiger partial charge in [0.25, 0.3) is 5.91 Å². The van der Waals surface area contributed by atoms with Crippen molar-refractivity contribution in [1.82, 2.24) is 4.90 Å². The van der Waals surface area contributed by atoms with Crippen LogP contribution in [0.5, 0.6) is 5.75 Å². The number of phenols is 1. The SMILES string of the molecule is CC1COC(CCl)CN1C(=O)c1cccc(O)c1. The highest BCUT2D eigenvalue weighted by Crippen LogP contribution is 2.18. The highest BCUT2D eigenvalue weighted by atomic mass is 35.5. The van der Waals surface area contributed by atoms with Gasteiger partial charge >= 0.3 is 0 Å². The van der Waals surface area contributed by atoms with Crippen molar-refractivity contribution in [3.8, 4) is 5.75 Å². The van der Waals surface area contributed by atoms with Crippen molar-refractivity contribution in [3.05, 3.63) is 29.8 Å². The first kappa shape index (κ1) is 13.2. The number of hydrogen-bond donors (Lipinski definition) is 1. The summed E-state index contributed by atoms with van der Waals surface area (Å²) in [7, 11) is 0. The van der Waals surface area contributed by atoms with Crippen LogP contribution in [0.25, 0.3) is 0 Å². The smallest absolute Gasteiger partial charge is 0.254 e. The van der Waals surface area contributed by atoms with Gasteiger partial charge in [-0.1, -0.05) is 6.07 Å². The molecular formula is C13H16ClNO3. The molecule has 18 heavy (non-hydrogen) atoms. The second-order valence-corrected chi connectivity index (χ2v) is 4.78. The summed E-state index contributed by atoms with van der Waals surface area (Å²) in [6, 6.07) is 6.38. The van der Waals surface area contributed by atoms with Crippen LogP contribution in [0.15, 0.2) is 24.3 Å². The van der Waals surface area contributed by atoms with Crippen molar-refractivity contribution >= 4 is 17.5 Å². The molecule has 1 fully saturated rings. The Hall–Kier alpha value is -1.26. The number of rotatable bonds is 2. The van der Waals surface area contributed by atoms with E-state index in [0.29, 0.717) is 24.6 Å². The lowest BCUT2D eigenvalue weighted by Crippen LogP contribution is -2.51. The molecule has 5 heteroatoms. The predicted molar refractivity (Wildman–Crippen MR) is 69.1 cm³/mol. The Morgan fingerprint density at radius 2 is 2.39 bits per heavy atom. The normalized spacial score (nSPS) is 24.0. The van der Waals surface area contributed by atoms with Crippen LogP contribution in [0.2, 0.25) is 0 Å². The highest BCUT2D eigenvalue weighted by Gasteiger charge is 2.29. The second-order valence-electron chi connectivity index (χ2n) is 4.47. The molecule has 1 heterocycles. The van der Waals surface area contributed by atoms with E-state index in [1.807, 2.05) is 6.92 Å². The summed E-state index contributed by atoms with van der Waals surface area (Å²) in [6.45, 7) is 2.91. The Morgan fingerprint density at radius 1 is 1.61 bits per heavy atom. The number of hydrogen-bond acceptors (Lipinski definition) is 3. The van der Waals surface area contributed by atoms with E-state index < -0.39 is 0 Å². The summed E-state index contributed by atoms with van der Waals surface area (Å²) >= 11 is 5.77. The Balaban J connectivity index is 2.16. The molecule has 98 valence electrons. The van der Waals surface area contributed by atoms with Gasteiger partial charge in [0.15, 0.2) is 0 Å². The zero-order valence-electron chi connectivity index (χ0n) is 10.2. The second kappa shape index (κ2) is 5.59. The van der Waals surface area contributed by atoms with Crippen LogP contribution in [-0.4, -0.2) is 47.1 Å². The molecule has 1 saturated heterocycles. The molecule has 0 aromatic heterocycles. The van der Waals surface area contributed by atoms with E-state index in [1.54, 1.807) is 23.1 Å². The third-order valence-electron chi connectivity index (χ3n) is 3.03. The van der Waals surface area contributed by atoms with Crippen molar-refractivity contribution in [1.29, 1.82) is 0 Å². The minimum Gasteiger partial charge on any atom is -0.508 e. The molecule has 0 bridgehead atoms. The monoisotopic (exact) mass is 269 g/mol. The molecule has 0 radical (unpaired) electrons. The molecule has 1 amide bonds. The van der Waals surface area contributed by atoms with Crippen LogP contribution >= 0.6 is 11.6 Å². The van der Waals surface area contributed by atoms with Gasteiger partial charge < -0.3 is 14.7 Å². The minimum atomic E-state index is -0.121. The molecule has 1 N–H and O–H groups in total. The number of carbonyl (C=O) groups excluding carboxylic acids is 1. The number of halogens is 1. The van der Waals surface area contributed by atoms with Crippen molar-refractivity contribution in [2.75, 3.05) is 19.0 Å². The van der Waals surface area contributed by atoms with Gasteiger partial charge in [0.1, 0.15) is 5.75 Å². The van der Waals surface area contributed by atoms with Crippen molar-refractivity contribution < 1.29 is 14.6 Å². The lowest BCUT2D eigenvalue weighted by molar-refractivity contribution is -0.0371. The Kier molecular flexibility index (Phi) is 4.09. The first-order chi connectivity index (χ1) is 8.61. The molecule has 0 aliphatic carbocycles. The van der Waals surface area contributed by atoms with Crippen LogP contribution in [0.3, 0.4) is 0 Å². The van der Waals surface area contributed by atoms with Gasteiger partial charge in [0, 0.05) is 12.1 Å². The number of phenolic OH excluding ortho intramolecular Hbond substituents is 1. The molecule has 1 aromatic carbocycles. The van der Waals surface area contributed by atoms with E-state index in [0.717, 1.165) is 0 Å². The maximum absolute atomic E-state index is 12.3. The summed E-state index contributed by atoms with van der Waals surface area (Å²) < 4.78 is 5.50. The number of morpholine rings is 1. The third kappa shape index (κ3) is 2.76. The van der Waals surface area contributed by atoms with Gasteiger partial charge in [-0.2, -0.15) is 0 Å². The number of nitrogens with zero attached hydrogens (tertiary/aromatic N) is 1. The molecule has 1 aliphatic heterocycles. The first-order valence-electron chi connectivity index (χ1n) is 5.89. The summed E-state index contributed by atoms with van der Waals surface area (Å²) in [6.07, 6.45) is -0.121. The van der Waals surface area contributed by atoms with Crippen molar-refractivity contribution in [3.63, 3.8) is 0 Å². The Bertz CT molecular complexity index is 438. The standard InChI is InChI=1S/C13H16ClNO3/c1-9-8-18-12(6-14)7-15(9)13(17)10-3-2-4-11(16)5-10/h2-5,9,12,16H,6-8H2,1H3. The summed E-state index contributed by atoms with van der Waals surface area (Å²) in [5.74, 6) is 0.365. The molecule has 1 aromatic rings. The fourth-order valence-corrected chi connectivity index (χ4v) is 2.19. The van der Waals surface area contributed by atoms with Crippen LogP contribution in [0.4, 0.5) is 0 Å². The zero-order chi connectivity index (χ0) is 13.1. The quantitative estimate of drug-likeness (QED) is 0.834. The van der Waals surface area contributed by atoms with Crippen LogP contribution in [-0.2, 0) is 4.74 Å². The van der Waals surface area contributed by atoms with Crippen LogP contribution < -0.4 is 0 Å². The highest BCUT2D eigenvalue weighted by molar-refractivity contribution is 6.18. The third-order valence-corrected chi connectivity index (χ3v) is 3.38. The molecule has 1 aliphatic rings. The lowest BCUT2D eigenvalue weighted by Gasteiger charge is -2.37. The van der Waals surface area contributed by atoms with Gasteiger partial charge in [-0.05, 0) is 25.1 Å². The van der Waals surface area contributed by atoms with E-state index >= 15 is 0 Å². The van der Waals surface area contributed by atoms with Crippen molar-refractivity contribution in [2.45, 2.75) is 19.1 Å².